The number of pyridine rings is 1. The van der Waals surface area contributed by atoms with Gasteiger partial charge in [-0.2, -0.15) is 5.10 Å². The minimum Gasteiger partial charge on any atom is -0.368 e. The molecule has 160 valence electrons. The second-order valence-electron chi connectivity index (χ2n) is 8.14. The summed E-state index contributed by atoms with van der Waals surface area (Å²) >= 11 is 6.53. The van der Waals surface area contributed by atoms with Crippen molar-refractivity contribution in [2.75, 3.05) is 24.5 Å². The normalized spacial score (nSPS) is 21.2. The number of aromatic nitrogens is 3. The first kappa shape index (κ1) is 19.8. The Morgan fingerprint density at radius 1 is 1.16 bits per heavy atom. The number of anilines is 1. The maximum atomic E-state index is 12.9. The number of hydrogen-bond donors (Lipinski definition) is 1. The molecule has 0 aliphatic carbocycles. The van der Waals surface area contributed by atoms with Crippen molar-refractivity contribution < 1.29 is 9.59 Å². The smallest absolute Gasteiger partial charge is 0.256 e. The highest BCUT2D eigenvalue weighted by Crippen LogP contribution is 2.32. The molecule has 2 fully saturated rings. The Morgan fingerprint density at radius 3 is 2.77 bits per heavy atom. The van der Waals surface area contributed by atoms with Crippen LogP contribution in [-0.4, -0.2) is 57.2 Å². The highest BCUT2D eigenvalue weighted by Gasteiger charge is 2.34. The van der Waals surface area contributed by atoms with Crippen LogP contribution in [0.1, 0.15) is 35.7 Å². The van der Waals surface area contributed by atoms with Crippen molar-refractivity contribution in [3.8, 4) is 0 Å². The van der Waals surface area contributed by atoms with Crippen LogP contribution < -0.4 is 10.6 Å². The van der Waals surface area contributed by atoms with Gasteiger partial charge in [0.05, 0.1) is 22.1 Å². The van der Waals surface area contributed by atoms with Gasteiger partial charge in [-0.25, -0.2) is 4.98 Å². The number of carbonyl (C=O) groups excluding carboxylic acids is 2. The van der Waals surface area contributed by atoms with Crippen molar-refractivity contribution in [2.45, 2.75) is 31.3 Å². The molecule has 31 heavy (non-hydrogen) atoms. The van der Waals surface area contributed by atoms with E-state index >= 15 is 0 Å². The van der Waals surface area contributed by atoms with E-state index in [2.05, 4.69) is 22.1 Å². The lowest BCUT2D eigenvalue weighted by atomic mass is 10.2. The number of hydrogen-bond acceptors (Lipinski definition) is 5. The molecule has 3 aromatic rings. The third kappa shape index (κ3) is 3.61. The lowest BCUT2D eigenvalue weighted by Crippen LogP contribution is -2.43. The first-order valence-corrected chi connectivity index (χ1v) is 10.8. The molecule has 5 rings (SSSR count). The number of nitrogens with two attached hydrogens (primary N) is 1. The maximum Gasteiger partial charge on any atom is 0.256 e. The molecule has 0 saturated carbocycles. The van der Waals surface area contributed by atoms with Gasteiger partial charge in [-0.15, -0.1) is 0 Å². The molecular weight excluding hydrogens is 416 g/mol. The third-order valence-corrected chi connectivity index (χ3v) is 6.46. The summed E-state index contributed by atoms with van der Waals surface area (Å²) in [7, 11) is 0. The summed E-state index contributed by atoms with van der Waals surface area (Å²) in [5.41, 5.74) is 6.79. The molecule has 2 aromatic heterocycles. The van der Waals surface area contributed by atoms with E-state index in [1.54, 1.807) is 6.07 Å². The molecule has 9 heteroatoms. The Bertz CT molecular complexity index is 1130. The summed E-state index contributed by atoms with van der Waals surface area (Å²) < 4.78 is 2.02. The maximum absolute atomic E-state index is 12.9. The van der Waals surface area contributed by atoms with Gasteiger partial charge in [0.1, 0.15) is 11.9 Å². The Balaban J connectivity index is 1.32. The molecule has 0 spiro atoms. The largest absolute Gasteiger partial charge is 0.368 e. The van der Waals surface area contributed by atoms with E-state index in [4.69, 9.17) is 22.4 Å². The van der Waals surface area contributed by atoms with Crippen LogP contribution in [0.4, 0.5) is 5.82 Å². The predicted molar refractivity (Wildman–Crippen MR) is 118 cm³/mol. The average Bonchev–Trinajstić information content (AvgIpc) is 3.51. The number of rotatable bonds is 4. The van der Waals surface area contributed by atoms with Crippen LogP contribution in [0.5, 0.6) is 0 Å². The Hall–Kier alpha value is -3.13. The molecule has 2 N–H and O–H groups in total. The van der Waals surface area contributed by atoms with E-state index < -0.39 is 11.9 Å². The summed E-state index contributed by atoms with van der Waals surface area (Å²) in [6.07, 6.45) is 5.90. The summed E-state index contributed by atoms with van der Waals surface area (Å²) in [4.78, 5) is 32.6. The molecule has 2 saturated heterocycles. The molecule has 2 aliphatic heterocycles. The topological polar surface area (TPSA) is 97.4 Å². The summed E-state index contributed by atoms with van der Waals surface area (Å²) in [5, 5.41) is 6.24. The van der Waals surface area contributed by atoms with Gasteiger partial charge >= 0.3 is 0 Å². The highest BCUT2D eigenvalue weighted by molar-refractivity contribution is 6.33. The van der Waals surface area contributed by atoms with E-state index in [0.29, 0.717) is 29.4 Å². The molecule has 0 radical (unpaired) electrons. The third-order valence-electron chi connectivity index (χ3n) is 6.18. The minimum atomic E-state index is -0.560. The first-order chi connectivity index (χ1) is 15.0. The van der Waals surface area contributed by atoms with Crippen LogP contribution >= 0.6 is 11.6 Å². The van der Waals surface area contributed by atoms with Crippen molar-refractivity contribution in [3.63, 3.8) is 0 Å². The Labute approximate surface area is 184 Å². The summed E-state index contributed by atoms with van der Waals surface area (Å²) in [6, 6.07) is 9.37. The molecule has 2 atom stereocenters. The number of carbonyl (C=O) groups is 2. The number of primary amides is 1. The van der Waals surface area contributed by atoms with Gasteiger partial charge in [0.15, 0.2) is 0 Å². The van der Waals surface area contributed by atoms with E-state index in [0.717, 1.165) is 36.8 Å². The van der Waals surface area contributed by atoms with Crippen molar-refractivity contribution >= 4 is 40.1 Å². The van der Waals surface area contributed by atoms with Crippen LogP contribution in [0.3, 0.4) is 0 Å². The summed E-state index contributed by atoms with van der Waals surface area (Å²) in [5.74, 6) is -0.0778. The molecule has 2 aliphatic rings. The number of nitrogens with zero attached hydrogens (tertiary/aromatic N) is 5. The fourth-order valence-corrected chi connectivity index (χ4v) is 4.86. The number of amides is 2. The zero-order valence-corrected chi connectivity index (χ0v) is 17.7. The van der Waals surface area contributed by atoms with Crippen LogP contribution in [0.2, 0.25) is 5.02 Å². The van der Waals surface area contributed by atoms with E-state index in [1.165, 1.54) is 11.1 Å². The SMILES string of the molecule is NC(=O)C1CCCN1C(=O)c1cnc(N2CCC(n3cc4ccccc4n3)C2)c(Cl)c1. The second kappa shape index (κ2) is 7.85. The number of likely N-dealkylation sites (tertiary alicyclic amines) is 1. The highest BCUT2D eigenvalue weighted by atomic mass is 35.5. The predicted octanol–water partition coefficient (Wildman–Crippen LogP) is 2.63. The molecule has 2 unspecified atom stereocenters. The average molecular weight is 439 g/mol. The lowest BCUT2D eigenvalue weighted by Gasteiger charge is -2.23. The molecule has 8 nitrogen and oxygen atoms in total. The second-order valence-corrected chi connectivity index (χ2v) is 8.55. The van der Waals surface area contributed by atoms with Crippen LogP contribution in [0, 0.1) is 0 Å². The fourth-order valence-electron chi connectivity index (χ4n) is 4.57. The minimum absolute atomic E-state index is 0.229. The van der Waals surface area contributed by atoms with Gasteiger partial charge in [-0.05, 0) is 31.4 Å². The van der Waals surface area contributed by atoms with Crippen LogP contribution in [0.25, 0.3) is 10.9 Å². The van der Waals surface area contributed by atoms with Gasteiger partial charge in [-0.3, -0.25) is 14.3 Å². The Kier molecular flexibility index (Phi) is 5.02. The van der Waals surface area contributed by atoms with E-state index in [-0.39, 0.29) is 11.9 Å². The summed E-state index contributed by atoms with van der Waals surface area (Å²) in [6.45, 7) is 2.05. The van der Waals surface area contributed by atoms with Gasteiger partial charge in [0.2, 0.25) is 5.91 Å². The molecule has 1 aromatic carbocycles. The van der Waals surface area contributed by atoms with Gasteiger partial charge < -0.3 is 15.5 Å². The van der Waals surface area contributed by atoms with Crippen LogP contribution in [0.15, 0.2) is 42.7 Å². The van der Waals surface area contributed by atoms with Crippen molar-refractivity contribution in [2.24, 2.45) is 5.73 Å². The van der Waals surface area contributed by atoms with Gasteiger partial charge in [0.25, 0.3) is 5.91 Å². The monoisotopic (exact) mass is 438 g/mol. The zero-order chi connectivity index (χ0) is 21.5. The molecular formula is C22H23ClN6O2. The standard InChI is InChI=1S/C22H23ClN6O2/c23-17-10-15(22(31)28-8-3-6-19(28)20(24)30)11-25-21(17)27-9-7-16(13-27)29-12-14-4-1-2-5-18(14)26-29/h1-2,4-5,10-12,16,19H,3,6-9,13H2,(H2,24,30). The lowest BCUT2D eigenvalue weighted by molar-refractivity contribution is -0.121. The van der Waals surface area contributed by atoms with Gasteiger partial charge in [-0.1, -0.05) is 29.8 Å². The van der Waals surface area contributed by atoms with E-state index in [9.17, 15) is 9.59 Å². The zero-order valence-electron chi connectivity index (χ0n) is 16.9. The van der Waals surface area contributed by atoms with Crippen LogP contribution in [-0.2, 0) is 4.79 Å². The molecule has 4 heterocycles. The fraction of sp³-hybridized carbons (Fsp3) is 0.364. The van der Waals surface area contributed by atoms with Gasteiger partial charge in [0, 0.05) is 37.4 Å². The number of halogens is 1. The molecule has 2 amide bonds. The number of benzene rings is 1. The number of fused-ring (bicyclic) bond motifs is 1. The van der Waals surface area contributed by atoms with E-state index in [1.807, 2.05) is 22.9 Å². The van der Waals surface area contributed by atoms with Crippen molar-refractivity contribution in [1.82, 2.24) is 19.7 Å². The quantitative estimate of drug-likeness (QED) is 0.675. The van der Waals surface area contributed by atoms with Crippen molar-refractivity contribution in [3.05, 3.63) is 53.3 Å². The Morgan fingerprint density at radius 2 is 2.00 bits per heavy atom. The van der Waals surface area contributed by atoms with Crippen molar-refractivity contribution in [1.29, 1.82) is 0 Å². The first-order valence-electron chi connectivity index (χ1n) is 10.5. The molecule has 0 bridgehead atoms.